The van der Waals surface area contributed by atoms with Crippen LogP contribution >= 0.6 is 12.2 Å². The average Bonchev–Trinajstić information content (AvgIpc) is 2.27. The van der Waals surface area contributed by atoms with E-state index < -0.39 is 0 Å². The van der Waals surface area contributed by atoms with Crippen LogP contribution in [-0.2, 0) is 0 Å². The Hall–Kier alpha value is -1.68. The largest absolute Gasteiger partial charge is 0.360 e. The van der Waals surface area contributed by atoms with Crippen LogP contribution in [0, 0.1) is 0 Å². The lowest BCUT2D eigenvalue weighted by atomic mass is 10.2. The zero-order chi connectivity index (χ0) is 12.3. The number of fused-ring (bicyclic) bond motifs is 1. The van der Waals surface area contributed by atoms with Crippen LogP contribution in [0.3, 0.4) is 0 Å². The molecular weight excluding hydrogens is 230 g/mol. The van der Waals surface area contributed by atoms with Gasteiger partial charge in [-0.05, 0) is 38.2 Å². The number of aromatic nitrogens is 1. The predicted octanol–water partition coefficient (Wildman–Crippen LogP) is 2.93. The van der Waals surface area contributed by atoms with Gasteiger partial charge in [0.05, 0.1) is 17.4 Å². The molecule has 0 fully saturated rings. The summed E-state index contributed by atoms with van der Waals surface area (Å²) in [5, 5.41) is 7.98. The third-order valence-corrected chi connectivity index (χ3v) is 2.49. The molecule has 0 bridgehead atoms. The van der Waals surface area contributed by atoms with Crippen molar-refractivity contribution < 1.29 is 0 Å². The van der Waals surface area contributed by atoms with E-state index in [1.807, 2.05) is 44.2 Å². The number of benzene rings is 1. The van der Waals surface area contributed by atoms with Crippen LogP contribution in [0.15, 0.2) is 36.5 Å². The second kappa shape index (κ2) is 5.10. The number of para-hydroxylation sites is 1. The number of anilines is 1. The van der Waals surface area contributed by atoms with Gasteiger partial charge in [-0.1, -0.05) is 18.2 Å². The number of hydrogen-bond acceptors (Lipinski definition) is 2. The minimum Gasteiger partial charge on any atom is -0.360 e. The Kier molecular flexibility index (Phi) is 3.54. The molecule has 1 heterocycles. The number of nitrogens with zero attached hydrogens (tertiary/aromatic N) is 1. The van der Waals surface area contributed by atoms with Crippen molar-refractivity contribution in [2.75, 3.05) is 5.32 Å². The van der Waals surface area contributed by atoms with Gasteiger partial charge in [-0.25, -0.2) is 0 Å². The lowest BCUT2D eigenvalue weighted by Crippen LogP contribution is -2.33. The maximum absolute atomic E-state index is 5.18. The summed E-state index contributed by atoms with van der Waals surface area (Å²) in [5.74, 6) is 0. The van der Waals surface area contributed by atoms with Crippen LogP contribution in [0.1, 0.15) is 13.8 Å². The molecule has 2 N–H and O–H groups in total. The van der Waals surface area contributed by atoms with Crippen molar-refractivity contribution in [2.45, 2.75) is 19.9 Å². The summed E-state index contributed by atoms with van der Waals surface area (Å²) in [5.41, 5.74) is 1.89. The van der Waals surface area contributed by atoms with E-state index in [0.29, 0.717) is 11.2 Å². The summed E-state index contributed by atoms with van der Waals surface area (Å²) < 4.78 is 0. The van der Waals surface area contributed by atoms with E-state index in [0.717, 1.165) is 16.6 Å². The van der Waals surface area contributed by atoms with Gasteiger partial charge in [0.1, 0.15) is 0 Å². The second-order valence-electron chi connectivity index (χ2n) is 4.17. The first-order valence-corrected chi connectivity index (χ1v) is 5.98. The van der Waals surface area contributed by atoms with Gasteiger partial charge in [0.15, 0.2) is 5.11 Å². The van der Waals surface area contributed by atoms with Crippen LogP contribution in [-0.4, -0.2) is 16.1 Å². The molecule has 2 rings (SSSR count). The number of pyridine rings is 1. The molecule has 3 nitrogen and oxygen atoms in total. The highest BCUT2D eigenvalue weighted by Gasteiger charge is 2.01. The van der Waals surface area contributed by atoms with Gasteiger partial charge in [0, 0.05) is 11.4 Å². The van der Waals surface area contributed by atoms with Crippen molar-refractivity contribution in [3.05, 3.63) is 36.5 Å². The first-order valence-electron chi connectivity index (χ1n) is 5.57. The Labute approximate surface area is 106 Å². The Bertz CT molecular complexity index is 537. The highest BCUT2D eigenvalue weighted by Crippen LogP contribution is 2.15. The molecule has 4 heteroatoms. The van der Waals surface area contributed by atoms with Gasteiger partial charge in [0.25, 0.3) is 0 Å². The summed E-state index contributed by atoms with van der Waals surface area (Å²) in [6.45, 7) is 4.10. The van der Waals surface area contributed by atoms with Crippen molar-refractivity contribution in [1.82, 2.24) is 10.3 Å². The molecular formula is C13H15N3S. The van der Waals surface area contributed by atoms with Crippen LogP contribution in [0.25, 0.3) is 10.9 Å². The Morgan fingerprint density at radius 1 is 1.29 bits per heavy atom. The van der Waals surface area contributed by atoms with Crippen LogP contribution in [0.2, 0.25) is 0 Å². The average molecular weight is 245 g/mol. The summed E-state index contributed by atoms with van der Waals surface area (Å²) >= 11 is 5.18. The van der Waals surface area contributed by atoms with Crippen LogP contribution < -0.4 is 10.6 Å². The maximum atomic E-state index is 5.18. The molecule has 0 aliphatic heterocycles. The van der Waals surface area contributed by atoms with E-state index in [2.05, 4.69) is 15.6 Å². The fraction of sp³-hybridized carbons (Fsp3) is 0.231. The topological polar surface area (TPSA) is 37.0 Å². The molecule has 0 saturated carbocycles. The zero-order valence-electron chi connectivity index (χ0n) is 9.90. The van der Waals surface area contributed by atoms with Crippen molar-refractivity contribution in [2.24, 2.45) is 0 Å². The second-order valence-corrected chi connectivity index (χ2v) is 4.58. The quantitative estimate of drug-likeness (QED) is 0.798. The highest BCUT2D eigenvalue weighted by atomic mass is 32.1. The van der Waals surface area contributed by atoms with Gasteiger partial charge in [-0.3, -0.25) is 4.98 Å². The summed E-state index contributed by atoms with van der Waals surface area (Å²) in [6, 6.07) is 10.4. The lowest BCUT2D eigenvalue weighted by Gasteiger charge is -2.13. The van der Waals surface area contributed by atoms with Gasteiger partial charge in [0.2, 0.25) is 0 Å². The molecule has 17 heavy (non-hydrogen) atoms. The minimum absolute atomic E-state index is 0.323. The molecule has 0 atom stereocenters. The van der Waals surface area contributed by atoms with Crippen LogP contribution in [0.4, 0.5) is 5.69 Å². The fourth-order valence-electron chi connectivity index (χ4n) is 1.57. The van der Waals surface area contributed by atoms with Gasteiger partial charge in [-0.2, -0.15) is 0 Å². The molecule has 0 saturated heterocycles. The Balaban J connectivity index is 2.17. The molecule has 0 unspecified atom stereocenters. The SMILES string of the molecule is CC(C)NC(=S)Nc1cnc2ccccc2c1. The number of thiocarbonyl (C=S) groups is 1. The first-order chi connectivity index (χ1) is 8.15. The summed E-state index contributed by atoms with van der Waals surface area (Å²) in [6.07, 6.45) is 1.79. The molecule has 0 aliphatic carbocycles. The van der Waals surface area contributed by atoms with E-state index >= 15 is 0 Å². The highest BCUT2D eigenvalue weighted by molar-refractivity contribution is 7.80. The molecule has 1 aromatic carbocycles. The van der Waals surface area contributed by atoms with E-state index in [1.165, 1.54) is 0 Å². The monoisotopic (exact) mass is 245 g/mol. The standard InChI is InChI=1S/C13H15N3S/c1-9(2)15-13(17)16-11-7-10-5-3-4-6-12(10)14-8-11/h3-9H,1-2H3,(H2,15,16,17). The first kappa shape index (κ1) is 11.8. The molecule has 88 valence electrons. The molecule has 2 aromatic rings. The van der Waals surface area contributed by atoms with E-state index in [9.17, 15) is 0 Å². The van der Waals surface area contributed by atoms with E-state index in [4.69, 9.17) is 12.2 Å². The third kappa shape index (κ3) is 3.14. The Morgan fingerprint density at radius 3 is 2.82 bits per heavy atom. The van der Waals surface area contributed by atoms with Gasteiger partial charge >= 0.3 is 0 Å². The van der Waals surface area contributed by atoms with Crippen molar-refractivity contribution >= 4 is 33.9 Å². The smallest absolute Gasteiger partial charge is 0.171 e. The molecule has 0 aliphatic rings. The normalized spacial score (nSPS) is 10.5. The van der Waals surface area contributed by atoms with Crippen molar-refractivity contribution in [3.63, 3.8) is 0 Å². The van der Waals surface area contributed by atoms with Crippen molar-refractivity contribution in [3.8, 4) is 0 Å². The molecule has 1 aromatic heterocycles. The summed E-state index contributed by atoms with van der Waals surface area (Å²) in [7, 11) is 0. The minimum atomic E-state index is 0.323. The summed E-state index contributed by atoms with van der Waals surface area (Å²) in [4.78, 5) is 4.36. The number of hydrogen-bond donors (Lipinski definition) is 2. The van der Waals surface area contributed by atoms with Crippen LogP contribution in [0.5, 0.6) is 0 Å². The van der Waals surface area contributed by atoms with Crippen molar-refractivity contribution in [1.29, 1.82) is 0 Å². The maximum Gasteiger partial charge on any atom is 0.171 e. The number of rotatable bonds is 2. The Morgan fingerprint density at radius 2 is 2.06 bits per heavy atom. The number of nitrogens with one attached hydrogen (secondary N) is 2. The van der Waals surface area contributed by atoms with E-state index in [1.54, 1.807) is 6.20 Å². The fourth-order valence-corrected chi connectivity index (χ4v) is 1.92. The predicted molar refractivity (Wildman–Crippen MR) is 76.2 cm³/mol. The molecule has 0 radical (unpaired) electrons. The third-order valence-electron chi connectivity index (χ3n) is 2.27. The molecule has 0 spiro atoms. The lowest BCUT2D eigenvalue weighted by molar-refractivity contribution is 0.739. The molecule has 0 amide bonds. The van der Waals surface area contributed by atoms with Gasteiger partial charge < -0.3 is 10.6 Å². The van der Waals surface area contributed by atoms with Gasteiger partial charge in [-0.15, -0.1) is 0 Å². The van der Waals surface area contributed by atoms with E-state index in [-0.39, 0.29) is 0 Å². The zero-order valence-corrected chi connectivity index (χ0v) is 10.7.